The first-order valence-corrected chi connectivity index (χ1v) is 6.94. The van der Waals surface area contributed by atoms with E-state index in [0.717, 1.165) is 12.8 Å². The van der Waals surface area contributed by atoms with E-state index in [2.05, 4.69) is 15.5 Å². The van der Waals surface area contributed by atoms with Gasteiger partial charge in [0.1, 0.15) is 5.75 Å². The van der Waals surface area contributed by atoms with Crippen LogP contribution < -0.4 is 10.1 Å². The molecule has 1 aromatic rings. The summed E-state index contributed by atoms with van der Waals surface area (Å²) in [6.07, 6.45) is 1.65. The Balaban J connectivity index is 1.61. The third-order valence-corrected chi connectivity index (χ3v) is 3.66. The van der Waals surface area contributed by atoms with Crippen molar-refractivity contribution in [3.05, 3.63) is 24.3 Å². The molecule has 1 fully saturated rings. The van der Waals surface area contributed by atoms with Crippen LogP contribution in [-0.2, 0) is 0 Å². The van der Waals surface area contributed by atoms with Gasteiger partial charge in [-0.3, -0.25) is 0 Å². The zero-order valence-electron chi connectivity index (χ0n) is 11.5. The Morgan fingerprint density at radius 2 is 2.05 bits per heavy atom. The minimum atomic E-state index is -0.153. The number of likely N-dealkylation sites (tertiary alicyclic amines) is 1. The van der Waals surface area contributed by atoms with Gasteiger partial charge in [-0.2, -0.15) is 10.2 Å². The molecule has 2 aliphatic heterocycles. The first kappa shape index (κ1) is 12.9. The van der Waals surface area contributed by atoms with E-state index in [1.807, 2.05) is 31.2 Å². The number of urea groups is 1. The molecule has 0 atom stereocenters. The van der Waals surface area contributed by atoms with Crippen LogP contribution in [0.4, 0.5) is 10.5 Å². The number of nitrogens with one attached hydrogen (secondary N) is 1. The normalized spacial score (nSPS) is 18.9. The molecule has 106 valence electrons. The Labute approximate surface area is 117 Å². The zero-order valence-corrected chi connectivity index (χ0v) is 11.5. The van der Waals surface area contributed by atoms with Crippen molar-refractivity contribution in [2.24, 2.45) is 10.2 Å². The smallest absolute Gasteiger partial charge is 0.321 e. The van der Waals surface area contributed by atoms with Crippen LogP contribution in [0.1, 0.15) is 19.8 Å². The summed E-state index contributed by atoms with van der Waals surface area (Å²) in [7, 11) is 0. The van der Waals surface area contributed by atoms with Crippen LogP contribution in [-0.4, -0.2) is 36.3 Å². The molecule has 20 heavy (non-hydrogen) atoms. The van der Waals surface area contributed by atoms with E-state index < -0.39 is 0 Å². The highest BCUT2D eigenvalue weighted by Crippen LogP contribution is 2.38. The minimum Gasteiger partial charge on any atom is -0.492 e. The number of para-hydroxylation sites is 2. The second-order valence-corrected chi connectivity index (χ2v) is 5.03. The molecule has 1 saturated heterocycles. The number of carbonyl (C=O) groups excluding carboxylic acids is 1. The lowest BCUT2D eigenvalue weighted by molar-refractivity contribution is 0.188. The van der Waals surface area contributed by atoms with E-state index in [1.165, 1.54) is 0 Å². The number of hydrogen-bond acceptors (Lipinski definition) is 4. The highest BCUT2D eigenvalue weighted by Gasteiger charge is 2.43. The number of amides is 2. The molecule has 0 aromatic heterocycles. The van der Waals surface area contributed by atoms with E-state index >= 15 is 0 Å². The van der Waals surface area contributed by atoms with Gasteiger partial charge in [-0.25, -0.2) is 4.79 Å². The SMILES string of the molecule is CCOc1ccccc1NC(=O)N1CCC2(CC1)N=N2. The molecule has 1 spiro atoms. The maximum absolute atomic E-state index is 12.3. The van der Waals surface area contributed by atoms with Crippen molar-refractivity contribution < 1.29 is 9.53 Å². The number of anilines is 1. The Kier molecular flexibility index (Phi) is 3.30. The predicted octanol–water partition coefficient (Wildman–Crippen LogP) is 2.88. The molecular weight excluding hydrogens is 256 g/mol. The van der Waals surface area contributed by atoms with Gasteiger partial charge < -0.3 is 15.0 Å². The summed E-state index contributed by atoms with van der Waals surface area (Å²) < 4.78 is 5.51. The van der Waals surface area contributed by atoms with Crippen molar-refractivity contribution in [1.29, 1.82) is 0 Å². The summed E-state index contributed by atoms with van der Waals surface area (Å²) in [5.74, 6) is 0.698. The minimum absolute atomic E-state index is 0.0901. The maximum Gasteiger partial charge on any atom is 0.321 e. The van der Waals surface area contributed by atoms with Crippen LogP contribution in [0.15, 0.2) is 34.5 Å². The summed E-state index contributed by atoms with van der Waals surface area (Å²) in [6, 6.07) is 7.38. The lowest BCUT2D eigenvalue weighted by Crippen LogP contribution is -2.43. The van der Waals surface area contributed by atoms with E-state index in [1.54, 1.807) is 4.90 Å². The molecule has 2 amide bonds. The van der Waals surface area contributed by atoms with Crippen molar-refractivity contribution >= 4 is 11.7 Å². The van der Waals surface area contributed by atoms with Crippen LogP contribution in [0.5, 0.6) is 5.75 Å². The quantitative estimate of drug-likeness (QED) is 0.921. The molecule has 0 saturated carbocycles. The average molecular weight is 274 g/mol. The molecule has 6 nitrogen and oxygen atoms in total. The van der Waals surface area contributed by atoms with Crippen molar-refractivity contribution in [1.82, 2.24) is 4.90 Å². The summed E-state index contributed by atoms with van der Waals surface area (Å²) in [4.78, 5) is 14.1. The topological polar surface area (TPSA) is 66.3 Å². The number of benzene rings is 1. The molecule has 0 radical (unpaired) electrons. The van der Waals surface area contributed by atoms with Gasteiger partial charge >= 0.3 is 6.03 Å². The maximum atomic E-state index is 12.3. The van der Waals surface area contributed by atoms with Crippen LogP contribution in [0.25, 0.3) is 0 Å². The molecule has 2 heterocycles. The molecule has 0 aliphatic carbocycles. The van der Waals surface area contributed by atoms with Gasteiger partial charge in [0.05, 0.1) is 12.3 Å². The summed E-state index contributed by atoms with van der Waals surface area (Å²) >= 11 is 0. The van der Waals surface area contributed by atoms with Crippen LogP contribution in [0.3, 0.4) is 0 Å². The summed E-state index contributed by atoms with van der Waals surface area (Å²) in [5.41, 5.74) is 0.556. The van der Waals surface area contributed by atoms with Gasteiger partial charge in [0.2, 0.25) is 0 Å². The van der Waals surface area contributed by atoms with Crippen LogP contribution >= 0.6 is 0 Å². The number of nitrogens with zero attached hydrogens (tertiary/aromatic N) is 3. The molecule has 0 bridgehead atoms. The molecule has 3 rings (SSSR count). The first-order valence-electron chi connectivity index (χ1n) is 6.94. The van der Waals surface area contributed by atoms with Gasteiger partial charge in [0.25, 0.3) is 0 Å². The van der Waals surface area contributed by atoms with Crippen LogP contribution in [0, 0.1) is 0 Å². The third kappa shape index (κ3) is 2.59. The summed E-state index contributed by atoms with van der Waals surface area (Å²) in [6.45, 7) is 3.87. The number of hydrogen-bond donors (Lipinski definition) is 1. The first-order chi connectivity index (χ1) is 9.72. The second-order valence-electron chi connectivity index (χ2n) is 5.03. The van der Waals surface area contributed by atoms with Crippen molar-refractivity contribution in [2.75, 3.05) is 25.0 Å². The molecule has 1 N–H and O–H groups in total. The van der Waals surface area contributed by atoms with Crippen molar-refractivity contribution in [2.45, 2.75) is 25.4 Å². The molecule has 0 unspecified atom stereocenters. The Bertz CT molecular complexity index is 528. The highest BCUT2D eigenvalue weighted by molar-refractivity contribution is 5.91. The van der Waals surface area contributed by atoms with Gasteiger partial charge in [-0.15, -0.1) is 0 Å². The van der Waals surface area contributed by atoms with Gasteiger partial charge in [-0.1, -0.05) is 12.1 Å². The highest BCUT2D eigenvalue weighted by atomic mass is 16.5. The Hall–Kier alpha value is -2.11. The van der Waals surface area contributed by atoms with Crippen molar-refractivity contribution in [3.63, 3.8) is 0 Å². The van der Waals surface area contributed by atoms with Crippen LogP contribution in [0.2, 0.25) is 0 Å². The number of ether oxygens (including phenoxy) is 1. The fourth-order valence-electron chi connectivity index (χ4n) is 2.38. The molecule has 6 heteroatoms. The van der Waals surface area contributed by atoms with Crippen molar-refractivity contribution in [3.8, 4) is 5.75 Å². The molecule has 1 aromatic carbocycles. The predicted molar refractivity (Wildman–Crippen MR) is 75.0 cm³/mol. The van der Waals surface area contributed by atoms with E-state index in [4.69, 9.17) is 4.74 Å². The molecular formula is C14H18N4O2. The van der Waals surface area contributed by atoms with E-state index in [0.29, 0.717) is 31.1 Å². The number of rotatable bonds is 3. The third-order valence-electron chi connectivity index (χ3n) is 3.66. The van der Waals surface area contributed by atoms with E-state index in [9.17, 15) is 4.79 Å². The van der Waals surface area contributed by atoms with Gasteiger partial charge in [0, 0.05) is 25.9 Å². The molecule has 2 aliphatic rings. The summed E-state index contributed by atoms with van der Waals surface area (Å²) in [5, 5.41) is 11.0. The number of carbonyl (C=O) groups is 1. The lowest BCUT2D eigenvalue weighted by Gasteiger charge is -2.29. The van der Waals surface area contributed by atoms with Gasteiger partial charge in [-0.05, 0) is 19.1 Å². The largest absolute Gasteiger partial charge is 0.492 e. The standard InChI is InChI=1S/C14H18N4O2/c1-2-20-12-6-4-3-5-11(12)15-13(19)18-9-7-14(8-10-18)16-17-14/h3-6H,2,7-10H2,1H3,(H,15,19). The second kappa shape index (κ2) is 5.11. The number of piperidine rings is 1. The zero-order chi connectivity index (χ0) is 14.0. The van der Waals surface area contributed by atoms with Gasteiger partial charge in [0.15, 0.2) is 5.66 Å². The Morgan fingerprint density at radius 1 is 1.35 bits per heavy atom. The lowest BCUT2D eigenvalue weighted by atomic mass is 10.0. The Morgan fingerprint density at radius 3 is 2.70 bits per heavy atom. The fraction of sp³-hybridized carbons (Fsp3) is 0.500. The average Bonchev–Trinajstić information content (AvgIpc) is 3.21. The monoisotopic (exact) mass is 274 g/mol. The fourth-order valence-corrected chi connectivity index (χ4v) is 2.38. The van der Waals surface area contributed by atoms with E-state index in [-0.39, 0.29) is 11.7 Å².